The van der Waals surface area contributed by atoms with Crippen molar-refractivity contribution < 1.29 is 14.6 Å². The predicted octanol–water partition coefficient (Wildman–Crippen LogP) is 4.63. The highest BCUT2D eigenvalue weighted by Gasteiger charge is 2.38. The van der Waals surface area contributed by atoms with E-state index in [0.29, 0.717) is 22.6 Å². The van der Waals surface area contributed by atoms with E-state index in [0.717, 1.165) is 11.1 Å². The van der Waals surface area contributed by atoms with E-state index < -0.39 is 5.60 Å². The van der Waals surface area contributed by atoms with Gasteiger partial charge in [0.05, 0.1) is 14.2 Å². The molecule has 0 radical (unpaired) electrons. The zero-order chi connectivity index (χ0) is 18.6. The largest absolute Gasteiger partial charge is 0.496 e. The molecule has 132 valence electrons. The van der Waals surface area contributed by atoms with Gasteiger partial charge in [0.15, 0.2) is 0 Å². The minimum atomic E-state index is -1.43. The van der Waals surface area contributed by atoms with Gasteiger partial charge in [0.25, 0.3) is 0 Å². The minimum Gasteiger partial charge on any atom is -0.496 e. The van der Waals surface area contributed by atoms with E-state index in [1.807, 2.05) is 72.8 Å². The van der Waals surface area contributed by atoms with Crippen molar-refractivity contribution in [3.63, 3.8) is 0 Å². The van der Waals surface area contributed by atoms with Crippen molar-refractivity contribution in [2.45, 2.75) is 5.60 Å². The van der Waals surface area contributed by atoms with Crippen LogP contribution < -0.4 is 9.47 Å². The van der Waals surface area contributed by atoms with Gasteiger partial charge in [0.2, 0.25) is 0 Å². The topological polar surface area (TPSA) is 38.7 Å². The summed E-state index contributed by atoms with van der Waals surface area (Å²) in [6.45, 7) is 3.79. The maximum Gasteiger partial charge on any atom is 0.147 e. The van der Waals surface area contributed by atoms with Crippen molar-refractivity contribution in [2.75, 3.05) is 14.2 Å². The van der Waals surface area contributed by atoms with Gasteiger partial charge in [-0.1, -0.05) is 73.3 Å². The molecule has 0 aliphatic carbocycles. The lowest BCUT2D eigenvalue weighted by atomic mass is 9.79. The Morgan fingerprint density at radius 3 is 1.65 bits per heavy atom. The zero-order valence-electron chi connectivity index (χ0n) is 15.0. The highest BCUT2D eigenvalue weighted by Crippen LogP contribution is 2.44. The second-order valence-corrected chi connectivity index (χ2v) is 5.94. The maximum atomic E-state index is 12.0. The van der Waals surface area contributed by atoms with Crippen molar-refractivity contribution in [3.05, 3.63) is 102 Å². The molecule has 3 aromatic rings. The first kappa shape index (κ1) is 17.8. The molecule has 0 amide bonds. The standard InChI is InChI=1S/C23H22O3/c1-4-17-13-15-18(16-14-17)23(24,19-9-5-7-11-21(19)25-2)20-10-6-8-12-22(20)26-3/h4-16,24H,1H2,2-3H3. The summed E-state index contributed by atoms with van der Waals surface area (Å²) in [6.07, 6.45) is 1.77. The number of ether oxygens (including phenoxy) is 2. The summed E-state index contributed by atoms with van der Waals surface area (Å²) in [4.78, 5) is 0. The molecule has 3 nitrogen and oxygen atoms in total. The highest BCUT2D eigenvalue weighted by molar-refractivity contribution is 5.57. The van der Waals surface area contributed by atoms with Crippen molar-refractivity contribution in [3.8, 4) is 11.5 Å². The number of aliphatic hydroxyl groups is 1. The van der Waals surface area contributed by atoms with Crippen LogP contribution >= 0.6 is 0 Å². The number of para-hydroxylation sites is 2. The van der Waals surface area contributed by atoms with Crippen molar-refractivity contribution in [1.29, 1.82) is 0 Å². The van der Waals surface area contributed by atoms with Crippen molar-refractivity contribution in [1.82, 2.24) is 0 Å². The Balaban J connectivity index is 2.32. The second kappa shape index (κ2) is 7.46. The van der Waals surface area contributed by atoms with Gasteiger partial charge in [-0.2, -0.15) is 0 Å². The van der Waals surface area contributed by atoms with Gasteiger partial charge in [0.1, 0.15) is 17.1 Å². The van der Waals surface area contributed by atoms with E-state index >= 15 is 0 Å². The van der Waals surface area contributed by atoms with Crippen LogP contribution in [0.1, 0.15) is 22.3 Å². The first-order chi connectivity index (χ1) is 12.6. The summed E-state index contributed by atoms with van der Waals surface area (Å²) in [6, 6.07) is 22.6. The van der Waals surface area contributed by atoms with E-state index in [9.17, 15) is 5.11 Å². The molecule has 0 aromatic heterocycles. The van der Waals surface area contributed by atoms with Gasteiger partial charge in [-0.3, -0.25) is 0 Å². The molecule has 0 spiro atoms. The number of methoxy groups -OCH3 is 2. The summed E-state index contributed by atoms with van der Waals surface area (Å²) >= 11 is 0. The number of hydrogen-bond acceptors (Lipinski definition) is 3. The molecule has 3 rings (SSSR count). The van der Waals surface area contributed by atoms with Gasteiger partial charge in [-0.15, -0.1) is 0 Å². The number of hydrogen-bond donors (Lipinski definition) is 1. The van der Waals surface area contributed by atoms with Crippen LogP contribution in [0.4, 0.5) is 0 Å². The van der Waals surface area contributed by atoms with Gasteiger partial charge in [-0.25, -0.2) is 0 Å². The van der Waals surface area contributed by atoms with Crippen molar-refractivity contribution >= 4 is 6.08 Å². The first-order valence-corrected chi connectivity index (χ1v) is 8.37. The molecule has 3 aromatic carbocycles. The molecule has 0 unspecified atom stereocenters. The zero-order valence-corrected chi connectivity index (χ0v) is 15.0. The molecule has 0 atom stereocenters. The molecule has 0 saturated carbocycles. The predicted molar refractivity (Wildman–Crippen MR) is 105 cm³/mol. The number of rotatable bonds is 6. The summed E-state index contributed by atoms with van der Waals surface area (Å²) in [5, 5.41) is 12.0. The minimum absolute atomic E-state index is 0.605. The lowest BCUT2D eigenvalue weighted by Gasteiger charge is -2.32. The van der Waals surface area contributed by atoms with Crippen LogP contribution in [0.25, 0.3) is 6.08 Å². The fourth-order valence-corrected chi connectivity index (χ4v) is 3.20. The first-order valence-electron chi connectivity index (χ1n) is 8.37. The molecule has 0 saturated heterocycles. The van der Waals surface area contributed by atoms with E-state index in [1.165, 1.54) is 0 Å². The summed E-state index contributed by atoms with van der Waals surface area (Å²) in [7, 11) is 3.20. The normalized spacial score (nSPS) is 11.0. The van der Waals surface area contributed by atoms with Crippen LogP contribution in [-0.4, -0.2) is 19.3 Å². The molecule has 0 aliphatic rings. The smallest absolute Gasteiger partial charge is 0.147 e. The molecule has 26 heavy (non-hydrogen) atoms. The Morgan fingerprint density at radius 2 is 1.23 bits per heavy atom. The Labute approximate surface area is 154 Å². The Hall–Kier alpha value is -3.04. The molecular weight excluding hydrogens is 324 g/mol. The van der Waals surface area contributed by atoms with E-state index in [1.54, 1.807) is 20.3 Å². The van der Waals surface area contributed by atoms with Crippen LogP contribution in [0.2, 0.25) is 0 Å². The molecule has 0 heterocycles. The molecule has 3 heteroatoms. The van der Waals surface area contributed by atoms with Crippen molar-refractivity contribution in [2.24, 2.45) is 0 Å². The second-order valence-electron chi connectivity index (χ2n) is 5.94. The molecule has 0 aliphatic heterocycles. The average molecular weight is 346 g/mol. The van der Waals surface area contributed by atoms with E-state index in [4.69, 9.17) is 9.47 Å². The van der Waals surface area contributed by atoms with Gasteiger partial charge < -0.3 is 14.6 Å². The average Bonchev–Trinajstić information content (AvgIpc) is 2.73. The Morgan fingerprint density at radius 1 is 0.769 bits per heavy atom. The quantitative estimate of drug-likeness (QED) is 0.661. The van der Waals surface area contributed by atoms with Crippen LogP contribution in [0.15, 0.2) is 79.4 Å². The summed E-state index contributed by atoms with van der Waals surface area (Å²) < 4.78 is 11.1. The highest BCUT2D eigenvalue weighted by atomic mass is 16.5. The third-order valence-corrected chi connectivity index (χ3v) is 4.56. The molecule has 0 bridgehead atoms. The van der Waals surface area contributed by atoms with E-state index in [-0.39, 0.29) is 0 Å². The van der Waals surface area contributed by atoms with Crippen LogP contribution in [0, 0.1) is 0 Å². The molecule has 1 N–H and O–H groups in total. The SMILES string of the molecule is C=Cc1ccc(C(O)(c2ccccc2OC)c2ccccc2OC)cc1. The molecular formula is C23H22O3. The maximum absolute atomic E-state index is 12.0. The lowest BCUT2D eigenvalue weighted by Crippen LogP contribution is -2.30. The van der Waals surface area contributed by atoms with E-state index in [2.05, 4.69) is 6.58 Å². The summed E-state index contributed by atoms with van der Waals surface area (Å²) in [5.41, 5.74) is 1.57. The molecule has 0 fully saturated rings. The monoisotopic (exact) mass is 346 g/mol. The third kappa shape index (κ3) is 2.98. The van der Waals surface area contributed by atoms with Gasteiger partial charge >= 0.3 is 0 Å². The third-order valence-electron chi connectivity index (χ3n) is 4.56. The van der Waals surface area contributed by atoms with Crippen LogP contribution in [0.3, 0.4) is 0 Å². The Kier molecular flexibility index (Phi) is 5.10. The van der Waals surface area contributed by atoms with Crippen LogP contribution in [-0.2, 0) is 5.60 Å². The van der Waals surface area contributed by atoms with Gasteiger partial charge in [0, 0.05) is 11.1 Å². The van der Waals surface area contributed by atoms with Gasteiger partial charge in [-0.05, 0) is 23.3 Å². The fourth-order valence-electron chi connectivity index (χ4n) is 3.20. The Bertz CT molecular complexity index is 850. The fraction of sp³-hybridized carbons (Fsp3) is 0.130. The summed E-state index contributed by atoms with van der Waals surface area (Å²) in [5.74, 6) is 1.21. The number of benzene rings is 3. The lowest BCUT2D eigenvalue weighted by molar-refractivity contribution is 0.118. The van der Waals surface area contributed by atoms with Crippen LogP contribution in [0.5, 0.6) is 11.5 Å².